The highest BCUT2D eigenvalue weighted by molar-refractivity contribution is 5.67. The third-order valence-corrected chi connectivity index (χ3v) is 3.03. The molecule has 0 amide bonds. The van der Waals surface area contributed by atoms with Crippen LogP contribution >= 0.6 is 0 Å². The van der Waals surface area contributed by atoms with Crippen molar-refractivity contribution < 1.29 is 9.13 Å². The van der Waals surface area contributed by atoms with Crippen molar-refractivity contribution in [2.24, 2.45) is 0 Å². The van der Waals surface area contributed by atoms with E-state index in [4.69, 9.17) is 4.74 Å². The molecule has 3 nitrogen and oxygen atoms in total. The van der Waals surface area contributed by atoms with Crippen LogP contribution in [0.1, 0.15) is 19.4 Å². The van der Waals surface area contributed by atoms with Crippen LogP contribution in [-0.2, 0) is 6.54 Å². The van der Waals surface area contributed by atoms with Crippen molar-refractivity contribution in [3.63, 3.8) is 0 Å². The van der Waals surface area contributed by atoms with Crippen LogP contribution in [0.15, 0.2) is 36.7 Å². The molecule has 1 heterocycles. The number of rotatable bonds is 5. The maximum Gasteiger partial charge on any atom is 0.137 e. The molecule has 0 bridgehead atoms. The van der Waals surface area contributed by atoms with Crippen LogP contribution in [0.5, 0.6) is 5.75 Å². The van der Waals surface area contributed by atoms with Crippen molar-refractivity contribution in [3.05, 3.63) is 48.0 Å². The summed E-state index contributed by atoms with van der Waals surface area (Å²) in [7, 11) is 1.60. The van der Waals surface area contributed by atoms with Gasteiger partial charge in [-0.2, -0.15) is 0 Å². The molecule has 0 radical (unpaired) electrons. The molecular formula is C16H19FN2O. The number of nitrogens with zero attached hydrogens (tertiary/aromatic N) is 1. The fourth-order valence-electron chi connectivity index (χ4n) is 1.98. The van der Waals surface area contributed by atoms with Gasteiger partial charge < -0.3 is 10.1 Å². The Hall–Kier alpha value is -1.94. The van der Waals surface area contributed by atoms with Crippen LogP contribution in [0.2, 0.25) is 0 Å². The fourth-order valence-corrected chi connectivity index (χ4v) is 1.98. The zero-order valence-electron chi connectivity index (χ0n) is 12.0. The van der Waals surface area contributed by atoms with Crippen LogP contribution in [0.25, 0.3) is 11.1 Å². The topological polar surface area (TPSA) is 34.1 Å². The first-order valence-corrected chi connectivity index (χ1v) is 6.61. The van der Waals surface area contributed by atoms with Gasteiger partial charge in [-0.1, -0.05) is 19.9 Å². The van der Waals surface area contributed by atoms with Gasteiger partial charge in [0.15, 0.2) is 0 Å². The number of aromatic nitrogens is 1. The number of benzene rings is 1. The third kappa shape index (κ3) is 3.54. The largest absolute Gasteiger partial charge is 0.495 e. The first-order chi connectivity index (χ1) is 9.60. The lowest BCUT2D eigenvalue weighted by Crippen LogP contribution is -2.22. The molecule has 1 N–H and O–H groups in total. The lowest BCUT2D eigenvalue weighted by atomic mass is 10.0. The Kier molecular flexibility index (Phi) is 4.69. The molecule has 0 aliphatic carbocycles. The van der Waals surface area contributed by atoms with Crippen molar-refractivity contribution in [1.82, 2.24) is 10.3 Å². The zero-order chi connectivity index (χ0) is 14.5. The molecule has 20 heavy (non-hydrogen) atoms. The highest BCUT2D eigenvalue weighted by atomic mass is 19.1. The molecule has 0 atom stereocenters. The van der Waals surface area contributed by atoms with Gasteiger partial charge in [0.25, 0.3) is 0 Å². The van der Waals surface area contributed by atoms with E-state index in [1.807, 2.05) is 6.07 Å². The molecule has 106 valence electrons. The number of ether oxygens (including phenoxy) is 1. The van der Waals surface area contributed by atoms with Gasteiger partial charge in [-0.15, -0.1) is 0 Å². The molecule has 0 unspecified atom stereocenters. The Morgan fingerprint density at radius 3 is 2.75 bits per heavy atom. The molecular weight excluding hydrogens is 255 g/mol. The molecule has 4 heteroatoms. The minimum Gasteiger partial charge on any atom is -0.495 e. The van der Waals surface area contributed by atoms with Gasteiger partial charge in [0.2, 0.25) is 0 Å². The molecule has 0 aliphatic rings. The average Bonchev–Trinajstić information content (AvgIpc) is 2.45. The Morgan fingerprint density at radius 1 is 1.25 bits per heavy atom. The molecule has 0 saturated heterocycles. The predicted octanol–water partition coefficient (Wildman–Crippen LogP) is 3.39. The maximum atomic E-state index is 13.5. The van der Waals surface area contributed by atoms with Crippen molar-refractivity contribution in [1.29, 1.82) is 0 Å². The van der Waals surface area contributed by atoms with E-state index in [1.165, 1.54) is 6.07 Å². The maximum absolute atomic E-state index is 13.5. The monoisotopic (exact) mass is 274 g/mol. The number of hydrogen-bond acceptors (Lipinski definition) is 3. The van der Waals surface area contributed by atoms with Gasteiger partial charge in [0.1, 0.15) is 11.6 Å². The van der Waals surface area contributed by atoms with Crippen molar-refractivity contribution >= 4 is 0 Å². The van der Waals surface area contributed by atoms with Gasteiger partial charge in [0, 0.05) is 24.3 Å². The van der Waals surface area contributed by atoms with Gasteiger partial charge in [-0.25, -0.2) is 4.39 Å². The van der Waals surface area contributed by atoms with Crippen LogP contribution in [0.4, 0.5) is 4.39 Å². The molecule has 1 aromatic heterocycles. The highest BCUT2D eigenvalue weighted by Crippen LogP contribution is 2.26. The summed E-state index contributed by atoms with van der Waals surface area (Å²) in [5, 5.41) is 3.31. The minimum atomic E-state index is -0.231. The predicted molar refractivity (Wildman–Crippen MR) is 78.2 cm³/mol. The smallest absolute Gasteiger partial charge is 0.137 e. The summed E-state index contributed by atoms with van der Waals surface area (Å²) in [6, 6.07) is 7.05. The Bertz CT molecular complexity index is 584. The van der Waals surface area contributed by atoms with Crippen LogP contribution in [0.3, 0.4) is 0 Å². The first kappa shape index (κ1) is 14.5. The lowest BCUT2D eigenvalue weighted by Gasteiger charge is -2.13. The lowest BCUT2D eigenvalue weighted by molar-refractivity contribution is 0.413. The van der Waals surface area contributed by atoms with E-state index in [2.05, 4.69) is 24.1 Å². The quantitative estimate of drug-likeness (QED) is 0.907. The number of halogens is 1. The van der Waals surface area contributed by atoms with Crippen LogP contribution < -0.4 is 10.1 Å². The highest BCUT2D eigenvalue weighted by Gasteiger charge is 2.08. The summed E-state index contributed by atoms with van der Waals surface area (Å²) in [5.41, 5.74) is 2.80. The second kappa shape index (κ2) is 6.48. The molecule has 0 aliphatic heterocycles. The first-order valence-electron chi connectivity index (χ1n) is 6.61. The number of hydrogen-bond donors (Lipinski definition) is 1. The van der Waals surface area contributed by atoms with Gasteiger partial charge >= 0.3 is 0 Å². The van der Waals surface area contributed by atoms with Gasteiger partial charge in [-0.05, 0) is 29.3 Å². The summed E-state index contributed by atoms with van der Waals surface area (Å²) in [5.74, 6) is 0.458. The Morgan fingerprint density at radius 2 is 2.05 bits per heavy atom. The number of pyridine rings is 1. The molecule has 0 spiro atoms. The van der Waals surface area contributed by atoms with E-state index in [9.17, 15) is 4.39 Å². The summed E-state index contributed by atoms with van der Waals surface area (Å²) in [4.78, 5) is 4.15. The van der Waals surface area contributed by atoms with Crippen molar-refractivity contribution in [3.8, 4) is 16.9 Å². The average molecular weight is 274 g/mol. The molecule has 1 aromatic carbocycles. The van der Waals surface area contributed by atoms with Crippen LogP contribution in [-0.4, -0.2) is 18.1 Å². The second-order valence-electron chi connectivity index (χ2n) is 4.95. The van der Waals surface area contributed by atoms with Crippen molar-refractivity contribution in [2.45, 2.75) is 26.4 Å². The van der Waals surface area contributed by atoms with E-state index in [0.29, 0.717) is 18.3 Å². The molecule has 0 fully saturated rings. The van der Waals surface area contributed by atoms with E-state index >= 15 is 0 Å². The van der Waals surface area contributed by atoms with E-state index < -0.39 is 0 Å². The van der Waals surface area contributed by atoms with Gasteiger partial charge in [0.05, 0.1) is 13.3 Å². The Balaban J connectivity index is 2.38. The van der Waals surface area contributed by atoms with E-state index in [-0.39, 0.29) is 5.82 Å². The SMILES string of the molecule is COc1cncc(-c2ccc(F)cc2CNC(C)C)c1. The third-order valence-electron chi connectivity index (χ3n) is 3.03. The summed E-state index contributed by atoms with van der Waals surface area (Å²) < 4.78 is 18.7. The van der Waals surface area contributed by atoms with E-state index in [1.54, 1.807) is 31.6 Å². The number of nitrogens with one attached hydrogen (secondary N) is 1. The standard InChI is InChI=1S/C16H19FN2O/c1-11(2)19-9-12-6-14(17)4-5-16(12)13-7-15(20-3)10-18-8-13/h4-8,10-11,19H,9H2,1-3H3. The summed E-state index contributed by atoms with van der Waals surface area (Å²) in [6.07, 6.45) is 3.41. The van der Waals surface area contributed by atoms with Crippen molar-refractivity contribution in [2.75, 3.05) is 7.11 Å². The molecule has 2 aromatic rings. The number of methoxy groups -OCH3 is 1. The minimum absolute atomic E-state index is 0.231. The van der Waals surface area contributed by atoms with Crippen LogP contribution in [0, 0.1) is 5.82 Å². The fraction of sp³-hybridized carbons (Fsp3) is 0.312. The Labute approximate surface area is 118 Å². The summed E-state index contributed by atoms with van der Waals surface area (Å²) in [6.45, 7) is 4.74. The van der Waals surface area contributed by atoms with E-state index in [0.717, 1.165) is 16.7 Å². The molecule has 2 rings (SSSR count). The second-order valence-corrected chi connectivity index (χ2v) is 4.95. The van der Waals surface area contributed by atoms with Gasteiger partial charge in [-0.3, -0.25) is 4.98 Å². The zero-order valence-corrected chi connectivity index (χ0v) is 12.0. The molecule has 0 saturated carbocycles. The normalized spacial score (nSPS) is 10.8. The summed E-state index contributed by atoms with van der Waals surface area (Å²) >= 11 is 0.